The van der Waals surface area contributed by atoms with Crippen molar-refractivity contribution in [2.24, 2.45) is 46.2 Å². The maximum Gasteiger partial charge on any atom is 0.251 e. The highest BCUT2D eigenvalue weighted by Gasteiger charge is 2.41. The molecule has 788 valence electrons. The quantitative estimate of drug-likeness (QED) is 0.00991. The Balaban J connectivity index is 1.02. The monoisotopic (exact) mass is 2030 g/mol. The van der Waals surface area contributed by atoms with Crippen LogP contribution in [0.3, 0.4) is 0 Å². The fraction of sp³-hybridized carbons (Fsp3) is 0.589. The van der Waals surface area contributed by atoms with Crippen LogP contribution in [0.1, 0.15) is 167 Å². The highest BCUT2D eigenvalue weighted by molar-refractivity contribution is 7.92. The van der Waals surface area contributed by atoms with Gasteiger partial charge in [0, 0.05) is 43.8 Å². The third-order valence-corrected chi connectivity index (χ3v) is 27.1. The average molecular weight is 2030 g/mol. The second-order valence-corrected chi connectivity index (χ2v) is 39.7. The summed E-state index contributed by atoms with van der Waals surface area (Å²) in [6.45, 7) is 9.88. The van der Waals surface area contributed by atoms with Crippen molar-refractivity contribution in [3.8, 4) is 0 Å². The van der Waals surface area contributed by atoms with E-state index >= 15 is 0 Å². The Bertz CT molecular complexity index is 5070. The van der Waals surface area contributed by atoms with Gasteiger partial charge in [-0.2, -0.15) is 0 Å². The zero-order valence-corrected chi connectivity index (χ0v) is 83.5. The van der Waals surface area contributed by atoms with E-state index in [0.29, 0.717) is 36.8 Å². The lowest BCUT2D eigenvalue weighted by atomic mass is 9.99. The van der Waals surface area contributed by atoms with Gasteiger partial charge in [0.15, 0.2) is 25.5 Å². The summed E-state index contributed by atoms with van der Waals surface area (Å²) in [6, 6.07) is 5.95. The molecule has 4 aromatic carbocycles. The lowest BCUT2D eigenvalue weighted by molar-refractivity contribution is -0.137. The van der Waals surface area contributed by atoms with E-state index in [2.05, 4.69) is 69.1 Å². The Labute approximate surface area is 828 Å². The molecule has 14 amide bonds. The number of nitrogens with zero attached hydrogens (tertiary/aromatic N) is 1. The molecule has 3 unspecified atom stereocenters. The van der Waals surface area contributed by atoms with Crippen LogP contribution in [0.2, 0.25) is 0 Å². The van der Waals surface area contributed by atoms with Crippen LogP contribution in [0, 0.1) is 25.7 Å². The molecule has 1 fully saturated rings. The van der Waals surface area contributed by atoms with Crippen molar-refractivity contribution in [1.29, 1.82) is 0 Å². The van der Waals surface area contributed by atoms with Gasteiger partial charge < -0.3 is 133 Å². The zero-order chi connectivity index (χ0) is 105. The molecule has 0 spiro atoms. The number of rotatable bonds is 58. The lowest BCUT2D eigenvalue weighted by Gasteiger charge is -2.29. The summed E-state index contributed by atoms with van der Waals surface area (Å²) in [5.74, 6) is -16.8. The fourth-order valence-electron chi connectivity index (χ4n) is 15.5. The SMILES string of the molecule is CCCCCC[C@H](NC(=O)CN(CCCOCCOCOCCOCCNC(=O)c1ccc(C(=O)C(CS(=O)(=O)c2ccc(C)cc2)CS(=O)(=O)c2ccc(C)c3c2C3)cc1)CC(N)=O)C(=O)N[C@@H](CCN)C(=O)NC(C(=O)N[C@@H](CCN)C(=O)N[C@H]1CCNC(=O)[C@H]([C@@H](C)O)NC(=O)[C@H](CCN)NC(=O)[C@H](CCN)NC(=O)[C@H](CC(C)C)NC(=O)[C@@H](Cc2ccccc2)NC(=O)[C@H](CCN)NC1=O)C(C)O. The highest BCUT2D eigenvalue weighted by Crippen LogP contribution is 2.38. The molecule has 27 N–H and O–H groups in total. The molecule has 14 atom stereocenters. The van der Waals surface area contributed by atoms with E-state index in [1.165, 1.54) is 54.3 Å². The summed E-state index contributed by atoms with van der Waals surface area (Å²) in [5.41, 5.74) is 39.5. The van der Waals surface area contributed by atoms with Gasteiger partial charge in [-0.25, -0.2) is 16.8 Å². The number of hydrogen-bond donors (Lipinski definition) is 21. The van der Waals surface area contributed by atoms with E-state index in [9.17, 15) is 99.0 Å². The average Bonchev–Trinajstić information content (AvgIpc) is 1.60. The van der Waals surface area contributed by atoms with Crippen molar-refractivity contribution in [3.05, 3.63) is 130 Å². The van der Waals surface area contributed by atoms with Crippen LogP contribution < -0.4 is 104 Å². The highest BCUT2D eigenvalue weighted by atomic mass is 32.2. The van der Waals surface area contributed by atoms with Gasteiger partial charge in [0.2, 0.25) is 76.8 Å². The zero-order valence-electron chi connectivity index (χ0n) is 81.9. The number of ketones is 1. The van der Waals surface area contributed by atoms with Gasteiger partial charge in [0.05, 0.1) is 85.5 Å². The predicted molar refractivity (Wildman–Crippen MR) is 523 cm³/mol. The number of fused-ring (bicyclic) bond motifs is 1. The standard InChI is InChI=1S/C95H146N20O25S2/c1-8-9-10-14-18-69(104-80(119)53-115(52-79(101)118)42-15-43-137-45-47-139-56-140-48-46-138-44-41-103-84(121)64-24-22-63(23-25-64)83(120)65(54-141(133,134)66-26-19-58(4)20-27-66)55-142(135,136)78-28-21-59(5)67-51-68(67)78)85(122)106-74(33-39-100)91(128)114-82(61(7)117)95(132)110-72(31-37-98)87(124)109-75-34-40-102-94(131)81(60(6)116)113-90(127)73(32-38-99)107-86(123)70(29-35-96)108-92(129)76(49-57(2)3)111-93(130)77(50-62-16-12-11-13-17-62)112-88(125)71(30-36-97)105-89(75)126/h11-13,16-17,19-28,57,60-61,65,69-77,81-82,116-117H,8-10,14-15,18,29-56,96-100H2,1-7H3,(H2,101,118)(H,102,131)(H,103,121)(H,104,119)(H,105,126)(H,106,122)(H,107,123)(H,108,129)(H,109,124)(H,110,132)(H,111,130)(H,112,125)(H,113,127)(H,114,128)/t60-,61?,65?,69+,70+,71+,72+,73+,74+,75+,76+,77-,81+,82?/m1/s1. The van der Waals surface area contributed by atoms with Gasteiger partial charge in [-0.15, -0.1) is 0 Å². The number of nitrogens with one attached hydrogen (secondary N) is 13. The first kappa shape index (κ1) is 119. The molecule has 1 heterocycles. The third kappa shape index (κ3) is 40.7. The number of sulfone groups is 2. The van der Waals surface area contributed by atoms with Crippen LogP contribution in [-0.4, -0.2) is 322 Å². The molecule has 45 nitrogen and oxygen atoms in total. The number of carbonyl (C=O) groups excluding carboxylic acids is 15. The number of hydrogen-bond acceptors (Lipinski definition) is 31. The molecule has 2 aliphatic rings. The molecule has 0 radical (unpaired) electrons. The van der Waals surface area contributed by atoms with Crippen molar-refractivity contribution in [3.63, 3.8) is 0 Å². The Morgan fingerprint density at radius 2 is 1.04 bits per heavy atom. The van der Waals surface area contributed by atoms with E-state index in [4.69, 9.17) is 53.3 Å². The number of ether oxygens (including phenoxy) is 4. The molecule has 0 bridgehead atoms. The van der Waals surface area contributed by atoms with Gasteiger partial charge >= 0.3 is 0 Å². The smallest absolute Gasteiger partial charge is 0.251 e. The van der Waals surface area contributed by atoms with Gasteiger partial charge in [-0.05, 0) is 183 Å². The predicted octanol–water partition coefficient (Wildman–Crippen LogP) is -4.50. The molecular formula is C95H146N20O25S2. The van der Waals surface area contributed by atoms with Gasteiger partial charge in [-0.1, -0.05) is 113 Å². The first-order valence-corrected chi connectivity index (χ1v) is 51.3. The number of benzene rings is 4. The number of nitrogens with two attached hydrogens (primary N) is 6. The van der Waals surface area contributed by atoms with Crippen LogP contribution >= 0.6 is 0 Å². The largest absolute Gasteiger partial charge is 0.391 e. The molecule has 47 heteroatoms. The molecular weight excluding hydrogens is 1890 g/mol. The maximum absolute atomic E-state index is 14.8. The van der Waals surface area contributed by atoms with Gasteiger partial charge in [-0.3, -0.25) is 76.8 Å². The normalized spacial score (nSPS) is 19.0. The van der Waals surface area contributed by atoms with Crippen molar-refractivity contribution in [1.82, 2.24) is 74.0 Å². The Morgan fingerprint density at radius 1 is 0.514 bits per heavy atom. The number of unbranched alkanes of at least 4 members (excludes halogenated alkanes) is 3. The Kier molecular flexibility index (Phi) is 51.7. The lowest BCUT2D eigenvalue weighted by Crippen LogP contribution is -2.62. The van der Waals surface area contributed by atoms with Crippen molar-refractivity contribution in [2.75, 3.05) is 123 Å². The Hall–Kier alpha value is -11.4. The molecule has 0 saturated carbocycles. The molecule has 1 aliphatic heterocycles. The van der Waals surface area contributed by atoms with Gasteiger partial charge in [0.25, 0.3) is 5.91 Å². The molecule has 142 heavy (non-hydrogen) atoms. The van der Waals surface area contributed by atoms with Crippen LogP contribution in [0.4, 0.5) is 0 Å². The molecule has 6 rings (SSSR count). The van der Waals surface area contributed by atoms with Crippen molar-refractivity contribution < 1.29 is 118 Å². The summed E-state index contributed by atoms with van der Waals surface area (Å²) >= 11 is 0. The fourth-order valence-corrected chi connectivity index (χ4v) is 19.0. The number of primary amides is 1. The molecule has 1 saturated heterocycles. The summed E-state index contributed by atoms with van der Waals surface area (Å²) in [6.07, 6.45) is -1.87. The summed E-state index contributed by atoms with van der Waals surface area (Å²) < 4.78 is 77.3. The van der Waals surface area contributed by atoms with E-state index in [1.54, 1.807) is 69.3 Å². The maximum atomic E-state index is 14.8. The number of amides is 14. The van der Waals surface area contributed by atoms with Crippen molar-refractivity contribution >= 4 is 108 Å². The van der Waals surface area contributed by atoms with Crippen molar-refractivity contribution in [2.45, 2.75) is 233 Å². The van der Waals surface area contributed by atoms with Crippen LogP contribution in [-0.2, 0) is 114 Å². The molecule has 0 aromatic heterocycles. The first-order chi connectivity index (χ1) is 67.6. The summed E-state index contributed by atoms with van der Waals surface area (Å²) in [4.78, 5) is 213. The summed E-state index contributed by atoms with van der Waals surface area (Å²) in [5, 5.41) is 55.5. The van der Waals surface area contributed by atoms with Crippen LogP contribution in [0.15, 0.2) is 101 Å². The molecule has 1 aliphatic carbocycles. The number of aryl methyl sites for hydroxylation is 2. The van der Waals surface area contributed by atoms with E-state index in [0.717, 1.165) is 36.5 Å². The van der Waals surface area contributed by atoms with E-state index in [-0.39, 0.29) is 177 Å². The first-order valence-electron chi connectivity index (χ1n) is 48.0. The minimum atomic E-state index is -4.13. The van der Waals surface area contributed by atoms with E-state index < -0.39 is 224 Å². The second-order valence-electron chi connectivity index (χ2n) is 35.7. The Morgan fingerprint density at radius 3 is 1.62 bits per heavy atom. The number of Topliss-reactive ketones (excluding diaryl/α,β-unsaturated/α-hetero) is 1. The second kappa shape index (κ2) is 61.5. The number of aliphatic hydroxyl groups is 2. The minimum absolute atomic E-state index is 0.00302. The third-order valence-electron chi connectivity index (χ3n) is 23.3. The summed E-state index contributed by atoms with van der Waals surface area (Å²) in [7, 11) is -8.23. The topological polar surface area (TPSA) is 717 Å². The van der Waals surface area contributed by atoms with Gasteiger partial charge in [0.1, 0.15) is 73.3 Å². The number of carbonyl (C=O) groups is 15. The van der Waals surface area contributed by atoms with Crippen LogP contribution in [0.5, 0.6) is 0 Å². The minimum Gasteiger partial charge on any atom is -0.391 e. The number of aliphatic hydroxyl groups excluding tert-OH is 2. The molecule has 4 aromatic rings. The van der Waals surface area contributed by atoms with Crippen LogP contribution in [0.25, 0.3) is 0 Å². The van der Waals surface area contributed by atoms with E-state index in [1.807, 2.05) is 13.8 Å².